The second-order valence-electron chi connectivity index (χ2n) is 4.30. The molecular weight excluding hydrogens is 273 g/mol. The van der Waals surface area contributed by atoms with E-state index in [1.54, 1.807) is 6.92 Å². The third-order valence-electron chi connectivity index (χ3n) is 2.66. The van der Waals surface area contributed by atoms with Crippen molar-refractivity contribution >= 4 is 11.6 Å². The molecule has 0 aliphatic rings. The first-order chi connectivity index (χ1) is 9.27. The Labute approximate surface area is 112 Å². The van der Waals surface area contributed by atoms with E-state index in [1.165, 1.54) is 25.1 Å². The van der Waals surface area contributed by atoms with Gasteiger partial charge in [-0.2, -0.15) is 13.2 Å². The Morgan fingerprint density at radius 2 is 1.95 bits per heavy atom. The molecule has 2 rings (SSSR count). The summed E-state index contributed by atoms with van der Waals surface area (Å²) in [5.41, 5.74) is -0.635. The maximum Gasteiger partial charge on any atom is 0.416 e. The van der Waals surface area contributed by atoms with Crippen molar-refractivity contribution in [2.24, 2.45) is 0 Å². The minimum atomic E-state index is -4.46. The highest BCUT2D eigenvalue weighted by Crippen LogP contribution is 2.33. The van der Waals surface area contributed by atoms with E-state index in [-0.39, 0.29) is 16.9 Å². The molecule has 1 heterocycles. The summed E-state index contributed by atoms with van der Waals surface area (Å²) in [4.78, 5) is 11.8. The van der Waals surface area contributed by atoms with E-state index >= 15 is 0 Å². The second-order valence-corrected chi connectivity index (χ2v) is 4.30. The zero-order valence-corrected chi connectivity index (χ0v) is 10.7. The Hall–Kier alpha value is -2.31. The lowest BCUT2D eigenvalue weighted by atomic mass is 10.1. The molecule has 1 aromatic heterocycles. The van der Waals surface area contributed by atoms with Crippen molar-refractivity contribution in [2.75, 3.05) is 5.32 Å². The lowest BCUT2D eigenvalue weighted by Crippen LogP contribution is -2.14. The molecule has 1 amide bonds. The monoisotopic (exact) mass is 284 g/mol. The Bertz CT molecular complexity index is 647. The van der Waals surface area contributed by atoms with E-state index in [4.69, 9.17) is 4.52 Å². The highest BCUT2D eigenvalue weighted by Gasteiger charge is 2.32. The lowest BCUT2D eigenvalue weighted by Gasteiger charge is -2.12. The van der Waals surface area contributed by atoms with Crippen LogP contribution in [0.15, 0.2) is 28.8 Å². The number of rotatable bonds is 2. The zero-order chi connectivity index (χ0) is 14.9. The summed E-state index contributed by atoms with van der Waals surface area (Å²) in [6.45, 7) is 2.97. The number of hydrogen-bond donors (Lipinski definition) is 1. The third-order valence-corrected chi connectivity index (χ3v) is 2.66. The number of nitrogens with zero attached hydrogens (tertiary/aromatic N) is 1. The van der Waals surface area contributed by atoms with E-state index < -0.39 is 17.6 Å². The van der Waals surface area contributed by atoms with E-state index in [9.17, 15) is 18.0 Å². The topological polar surface area (TPSA) is 55.1 Å². The number of hydrogen-bond acceptors (Lipinski definition) is 3. The van der Waals surface area contributed by atoms with Crippen LogP contribution in [0.1, 0.15) is 27.4 Å². The Morgan fingerprint density at radius 3 is 2.50 bits per heavy atom. The second kappa shape index (κ2) is 4.99. The van der Waals surface area contributed by atoms with Crippen LogP contribution in [0.25, 0.3) is 0 Å². The van der Waals surface area contributed by atoms with Crippen LogP contribution in [0.2, 0.25) is 0 Å². The number of carbonyl (C=O) groups is 1. The van der Waals surface area contributed by atoms with Crippen molar-refractivity contribution < 1.29 is 22.5 Å². The summed E-state index contributed by atoms with van der Waals surface area (Å²) >= 11 is 0. The van der Waals surface area contributed by atoms with Gasteiger partial charge in [0.25, 0.3) is 5.91 Å². The molecule has 2 aromatic rings. The molecule has 106 valence electrons. The number of nitrogens with one attached hydrogen (secondary N) is 1. The molecule has 0 saturated carbocycles. The van der Waals surface area contributed by atoms with Gasteiger partial charge in [-0.15, -0.1) is 0 Å². The Morgan fingerprint density at radius 1 is 1.25 bits per heavy atom. The number of aryl methyl sites for hydroxylation is 2. The van der Waals surface area contributed by atoms with Crippen LogP contribution < -0.4 is 5.32 Å². The predicted octanol–water partition coefficient (Wildman–Crippen LogP) is 3.56. The SMILES string of the molecule is Cc1cc(C(=O)Nc2ccc(C)c(C(F)(F)F)c2)no1. The summed E-state index contributed by atoms with van der Waals surface area (Å²) in [6.07, 6.45) is -4.46. The number of anilines is 1. The minimum Gasteiger partial charge on any atom is -0.361 e. The number of aromatic nitrogens is 1. The molecule has 0 atom stereocenters. The molecule has 0 unspecified atom stereocenters. The summed E-state index contributed by atoms with van der Waals surface area (Å²) in [5.74, 6) is -0.186. The van der Waals surface area contributed by atoms with Crippen molar-refractivity contribution in [3.63, 3.8) is 0 Å². The molecule has 1 N–H and O–H groups in total. The van der Waals surface area contributed by atoms with E-state index in [2.05, 4.69) is 10.5 Å². The standard InChI is InChI=1S/C13H11F3N2O2/c1-7-3-4-9(6-10(7)13(14,15)16)17-12(19)11-5-8(2)20-18-11/h3-6H,1-2H3,(H,17,19). The van der Waals surface area contributed by atoms with Gasteiger partial charge < -0.3 is 9.84 Å². The average Bonchev–Trinajstić information content (AvgIpc) is 2.77. The van der Waals surface area contributed by atoms with E-state index in [1.807, 2.05) is 0 Å². The lowest BCUT2D eigenvalue weighted by molar-refractivity contribution is -0.138. The van der Waals surface area contributed by atoms with Crippen LogP contribution >= 0.6 is 0 Å². The molecule has 0 aliphatic heterocycles. The molecular formula is C13H11F3N2O2. The van der Waals surface area contributed by atoms with Gasteiger partial charge in [-0.1, -0.05) is 11.2 Å². The van der Waals surface area contributed by atoms with Crippen molar-refractivity contribution in [1.29, 1.82) is 0 Å². The fraction of sp³-hybridized carbons (Fsp3) is 0.231. The molecule has 0 fully saturated rings. The van der Waals surface area contributed by atoms with Gasteiger partial charge in [0.1, 0.15) is 5.76 Å². The first-order valence-electron chi connectivity index (χ1n) is 5.70. The molecule has 1 aromatic carbocycles. The summed E-state index contributed by atoms with van der Waals surface area (Å²) in [5, 5.41) is 5.84. The van der Waals surface area contributed by atoms with Gasteiger partial charge in [-0.3, -0.25) is 4.79 Å². The third kappa shape index (κ3) is 2.98. The van der Waals surface area contributed by atoms with Crippen LogP contribution in [0.4, 0.5) is 18.9 Å². The number of amides is 1. The first kappa shape index (κ1) is 14.1. The van der Waals surface area contributed by atoms with Crippen molar-refractivity contribution in [1.82, 2.24) is 5.16 Å². The molecule has 7 heteroatoms. The zero-order valence-electron chi connectivity index (χ0n) is 10.7. The van der Waals surface area contributed by atoms with Crippen LogP contribution in [0.3, 0.4) is 0 Å². The highest BCUT2D eigenvalue weighted by molar-refractivity contribution is 6.02. The van der Waals surface area contributed by atoms with Crippen LogP contribution in [-0.2, 0) is 6.18 Å². The Balaban J connectivity index is 2.24. The largest absolute Gasteiger partial charge is 0.416 e. The smallest absolute Gasteiger partial charge is 0.361 e. The molecule has 20 heavy (non-hydrogen) atoms. The van der Waals surface area contributed by atoms with Crippen LogP contribution in [0, 0.1) is 13.8 Å². The van der Waals surface area contributed by atoms with Gasteiger partial charge in [0.05, 0.1) is 5.56 Å². The fourth-order valence-electron chi connectivity index (χ4n) is 1.67. The number of carbonyl (C=O) groups excluding carboxylic acids is 1. The van der Waals surface area contributed by atoms with Gasteiger partial charge in [-0.25, -0.2) is 0 Å². The number of halogens is 3. The predicted molar refractivity (Wildman–Crippen MR) is 65.4 cm³/mol. The molecule has 0 aliphatic carbocycles. The van der Waals surface area contributed by atoms with Crippen LogP contribution in [0.5, 0.6) is 0 Å². The van der Waals surface area contributed by atoms with E-state index in [0.29, 0.717) is 5.76 Å². The van der Waals surface area contributed by atoms with E-state index in [0.717, 1.165) is 6.07 Å². The summed E-state index contributed by atoms with van der Waals surface area (Å²) in [6, 6.07) is 4.98. The molecule has 4 nitrogen and oxygen atoms in total. The number of benzene rings is 1. The Kier molecular flexibility index (Phi) is 3.52. The van der Waals surface area contributed by atoms with Crippen molar-refractivity contribution in [2.45, 2.75) is 20.0 Å². The maximum atomic E-state index is 12.8. The first-order valence-corrected chi connectivity index (χ1v) is 5.70. The number of alkyl halides is 3. The summed E-state index contributed by atoms with van der Waals surface area (Å²) < 4.78 is 43.0. The van der Waals surface area contributed by atoms with Crippen molar-refractivity contribution in [3.05, 3.63) is 46.8 Å². The molecule has 0 spiro atoms. The maximum absolute atomic E-state index is 12.8. The van der Waals surface area contributed by atoms with Gasteiger partial charge >= 0.3 is 6.18 Å². The summed E-state index contributed by atoms with van der Waals surface area (Å²) in [7, 11) is 0. The molecule has 0 saturated heterocycles. The van der Waals surface area contributed by atoms with Crippen LogP contribution in [-0.4, -0.2) is 11.1 Å². The van der Waals surface area contributed by atoms with Crippen molar-refractivity contribution in [3.8, 4) is 0 Å². The quantitative estimate of drug-likeness (QED) is 0.917. The normalized spacial score (nSPS) is 11.4. The van der Waals surface area contributed by atoms with Gasteiger partial charge in [0.15, 0.2) is 5.69 Å². The highest BCUT2D eigenvalue weighted by atomic mass is 19.4. The minimum absolute atomic E-state index is 0.0108. The van der Waals surface area contributed by atoms with Gasteiger partial charge in [0, 0.05) is 11.8 Å². The van der Waals surface area contributed by atoms with Gasteiger partial charge in [0.2, 0.25) is 0 Å². The van der Waals surface area contributed by atoms with Gasteiger partial charge in [-0.05, 0) is 31.5 Å². The average molecular weight is 284 g/mol. The molecule has 0 bridgehead atoms. The molecule has 0 radical (unpaired) electrons. The fourth-order valence-corrected chi connectivity index (χ4v) is 1.67.